The number of hydrogen-bond donors (Lipinski definition) is 0. The Morgan fingerprint density at radius 3 is 2.36 bits per heavy atom. The summed E-state index contributed by atoms with van der Waals surface area (Å²) in [5, 5.41) is 8.36. The van der Waals surface area contributed by atoms with Crippen molar-refractivity contribution in [3.63, 3.8) is 0 Å². The van der Waals surface area contributed by atoms with Crippen molar-refractivity contribution in [3.05, 3.63) is 95.4 Å². The first kappa shape index (κ1) is 14.3. The summed E-state index contributed by atoms with van der Waals surface area (Å²) in [5.74, 6) is 6.72. The molecule has 1 heteroatoms. The van der Waals surface area contributed by atoms with Gasteiger partial charge in [-0.2, -0.15) is 0 Å². The van der Waals surface area contributed by atoms with E-state index in [1.54, 1.807) is 11.3 Å². The van der Waals surface area contributed by atoms with Crippen LogP contribution in [0.1, 0.15) is 11.1 Å². The third-order valence-electron chi connectivity index (χ3n) is 4.54. The lowest BCUT2D eigenvalue weighted by molar-refractivity contribution is 1.70. The fourth-order valence-electron chi connectivity index (χ4n) is 3.26. The van der Waals surface area contributed by atoms with E-state index < -0.39 is 0 Å². The highest BCUT2D eigenvalue weighted by Crippen LogP contribution is 2.25. The molecule has 0 saturated carbocycles. The van der Waals surface area contributed by atoms with Crippen molar-refractivity contribution in [2.45, 2.75) is 0 Å². The molecule has 0 amide bonds. The SMILES string of the molecule is C(#Cc1cccc2cc3ccccc3cc12)c1ccc2sccc2c1. The molecule has 0 saturated heterocycles. The Bertz CT molecular complexity index is 1300. The van der Waals surface area contributed by atoms with Crippen LogP contribution >= 0.6 is 11.3 Å². The largest absolute Gasteiger partial charge is 0.144 e. The van der Waals surface area contributed by atoms with Crippen LogP contribution in [-0.2, 0) is 0 Å². The summed E-state index contributed by atoms with van der Waals surface area (Å²) in [6.45, 7) is 0. The van der Waals surface area contributed by atoms with Crippen molar-refractivity contribution in [2.75, 3.05) is 0 Å². The summed E-state index contributed by atoms with van der Waals surface area (Å²) < 4.78 is 1.31. The van der Waals surface area contributed by atoms with Crippen molar-refractivity contribution in [2.24, 2.45) is 0 Å². The number of hydrogen-bond acceptors (Lipinski definition) is 1. The Morgan fingerprint density at radius 1 is 0.600 bits per heavy atom. The number of fused-ring (bicyclic) bond motifs is 3. The highest BCUT2D eigenvalue weighted by atomic mass is 32.1. The van der Waals surface area contributed by atoms with E-state index in [9.17, 15) is 0 Å². The second-order valence-electron chi connectivity index (χ2n) is 6.15. The Hall–Kier alpha value is -3.08. The van der Waals surface area contributed by atoms with Crippen molar-refractivity contribution in [1.82, 2.24) is 0 Å². The maximum absolute atomic E-state index is 3.38. The Morgan fingerprint density at radius 2 is 1.44 bits per heavy atom. The summed E-state index contributed by atoms with van der Waals surface area (Å²) in [6, 6.07) is 27.9. The van der Waals surface area contributed by atoms with Crippen molar-refractivity contribution < 1.29 is 0 Å². The molecule has 0 unspecified atom stereocenters. The summed E-state index contributed by atoms with van der Waals surface area (Å²) in [6.07, 6.45) is 0. The van der Waals surface area contributed by atoms with E-state index in [1.165, 1.54) is 31.6 Å². The molecule has 0 spiro atoms. The summed E-state index contributed by atoms with van der Waals surface area (Å²) in [4.78, 5) is 0. The molecule has 0 bridgehead atoms. The molecule has 0 aliphatic rings. The molecule has 0 fully saturated rings. The topological polar surface area (TPSA) is 0 Å². The van der Waals surface area contributed by atoms with Gasteiger partial charge in [-0.15, -0.1) is 11.3 Å². The maximum Gasteiger partial charge on any atom is 0.0343 e. The van der Waals surface area contributed by atoms with Gasteiger partial charge < -0.3 is 0 Å². The van der Waals surface area contributed by atoms with Crippen molar-refractivity contribution >= 4 is 43.0 Å². The minimum atomic E-state index is 1.06. The fraction of sp³-hybridized carbons (Fsp3) is 0. The molecule has 0 aliphatic carbocycles. The zero-order valence-electron chi connectivity index (χ0n) is 13.5. The third kappa shape index (κ3) is 2.58. The van der Waals surface area contributed by atoms with Crippen LogP contribution in [-0.4, -0.2) is 0 Å². The summed E-state index contributed by atoms with van der Waals surface area (Å²) >= 11 is 1.77. The molecule has 0 aliphatic heterocycles. The van der Waals surface area contributed by atoms with Gasteiger partial charge in [-0.3, -0.25) is 0 Å². The second kappa shape index (κ2) is 5.77. The van der Waals surface area contributed by atoms with Gasteiger partial charge in [-0.1, -0.05) is 48.2 Å². The Balaban J connectivity index is 1.66. The molecular formula is C24H14S. The molecule has 0 atom stereocenters. The van der Waals surface area contributed by atoms with E-state index in [-0.39, 0.29) is 0 Å². The molecule has 5 rings (SSSR count). The Labute approximate surface area is 150 Å². The highest BCUT2D eigenvalue weighted by molar-refractivity contribution is 7.17. The molecular weight excluding hydrogens is 320 g/mol. The first-order chi connectivity index (χ1) is 12.4. The third-order valence-corrected chi connectivity index (χ3v) is 5.44. The standard InChI is InChI=1S/C24H14S/c1-2-5-20-16-23-18(6-3-7-21(23)15-19(20)4-1)10-8-17-9-11-24-22(14-17)12-13-25-24/h1-7,9,11-16H. The molecule has 1 heterocycles. The molecule has 0 radical (unpaired) electrons. The predicted octanol–water partition coefficient (Wildman–Crippen LogP) is 6.61. The van der Waals surface area contributed by atoms with Crippen LogP contribution in [0.15, 0.2) is 84.2 Å². The van der Waals surface area contributed by atoms with Gasteiger partial charge in [0.2, 0.25) is 0 Å². The lowest BCUT2D eigenvalue weighted by Crippen LogP contribution is -1.82. The molecule has 1 aromatic heterocycles. The molecule has 116 valence electrons. The van der Waals surface area contributed by atoms with Crippen LogP contribution in [0.4, 0.5) is 0 Å². The number of rotatable bonds is 0. The minimum absolute atomic E-state index is 1.06. The smallest absolute Gasteiger partial charge is 0.0343 e. The molecule has 25 heavy (non-hydrogen) atoms. The van der Waals surface area contributed by atoms with E-state index in [0.29, 0.717) is 0 Å². The second-order valence-corrected chi connectivity index (χ2v) is 7.10. The fourth-order valence-corrected chi connectivity index (χ4v) is 4.03. The van der Waals surface area contributed by atoms with Gasteiger partial charge >= 0.3 is 0 Å². The Kier molecular flexibility index (Phi) is 3.30. The molecule has 0 nitrogen and oxygen atoms in total. The van der Waals surface area contributed by atoms with Gasteiger partial charge in [0.05, 0.1) is 0 Å². The lowest BCUT2D eigenvalue weighted by atomic mass is 10.00. The molecule has 4 aromatic carbocycles. The van der Waals surface area contributed by atoms with Crippen LogP contribution in [0.5, 0.6) is 0 Å². The average Bonchev–Trinajstić information content (AvgIpc) is 3.12. The summed E-state index contributed by atoms with van der Waals surface area (Å²) in [5.41, 5.74) is 2.14. The summed E-state index contributed by atoms with van der Waals surface area (Å²) in [7, 11) is 0. The van der Waals surface area contributed by atoms with Gasteiger partial charge in [0, 0.05) is 15.8 Å². The van der Waals surface area contributed by atoms with Gasteiger partial charge in [0.15, 0.2) is 0 Å². The van der Waals surface area contributed by atoms with E-state index >= 15 is 0 Å². The van der Waals surface area contributed by atoms with Crippen molar-refractivity contribution in [3.8, 4) is 11.8 Å². The quantitative estimate of drug-likeness (QED) is 0.221. The number of benzene rings is 4. The molecule has 5 aromatic rings. The van der Waals surface area contributed by atoms with E-state index in [0.717, 1.165) is 11.1 Å². The van der Waals surface area contributed by atoms with Crippen LogP contribution in [0.25, 0.3) is 31.6 Å². The highest BCUT2D eigenvalue weighted by Gasteiger charge is 2.01. The van der Waals surface area contributed by atoms with Crippen LogP contribution in [0.2, 0.25) is 0 Å². The normalized spacial score (nSPS) is 10.9. The lowest BCUT2D eigenvalue weighted by Gasteiger charge is -2.04. The first-order valence-corrected chi connectivity index (χ1v) is 9.16. The van der Waals surface area contributed by atoms with Gasteiger partial charge in [-0.25, -0.2) is 0 Å². The van der Waals surface area contributed by atoms with Gasteiger partial charge in [0.1, 0.15) is 0 Å². The van der Waals surface area contributed by atoms with E-state index in [1.807, 2.05) is 0 Å². The van der Waals surface area contributed by atoms with Gasteiger partial charge in [-0.05, 0) is 74.8 Å². The number of thiophene rings is 1. The maximum atomic E-state index is 3.38. The van der Waals surface area contributed by atoms with Crippen molar-refractivity contribution in [1.29, 1.82) is 0 Å². The van der Waals surface area contributed by atoms with Crippen LogP contribution < -0.4 is 0 Å². The average molecular weight is 334 g/mol. The molecule has 0 N–H and O–H groups in total. The van der Waals surface area contributed by atoms with Gasteiger partial charge in [0.25, 0.3) is 0 Å². The zero-order valence-corrected chi connectivity index (χ0v) is 14.3. The van der Waals surface area contributed by atoms with E-state index in [4.69, 9.17) is 0 Å². The monoisotopic (exact) mass is 334 g/mol. The first-order valence-electron chi connectivity index (χ1n) is 8.28. The van der Waals surface area contributed by atoms with E-state index in [2.05, 4.69) is 96.1 Å². The minimum Gasteiger partial charge on any atom is -0.144 e. The predicted molar refractivity (Wildman–Crippen MR) is 109 cm³/mol. The van der Waals surface area contributed by atoms with Crippen LogP contribution in [0.3, 0.4) is 0 Å². The zero-order chi connectivity index (χ0) is 16.6. The van der Waals surface area contributed by atoms with Crippen LogP contribution in [0, 0.1) is 11.8 Å².